The molecule has 1 aliphatic heterocycles. The monoisotopic (exact) mass is 470 g/mol. The number of nitrogens with one attached hydrogen (secondary N) is 3. The summed E-state index contributed by atoms with van der Waals surface area (Å²) in [4.78, 5) is 51.5. The number of halogens is 2. The summed E-state index contributed by atoms with van der Waals surface area (Å²) in [7, 11) is 0. The largest absolute Gasteiger partial charge is 0.349 e. The van der Waals surface area contributed by atoms with Gasteiger partial charge in [0.15, 0.2) is 11.6 Å². The van der Waals surface area contributed by atoms with Crippen LogP contribution in [-0.2, 0) is 15.1 Å². The second-order valence-electron chi connectivity index (χ2n) is 8.62. The topological polar surface area (TPSA) is 108 Å². The maximum atomic E-state index is 13.7. The van der Waals surface area contributed by atoms with Crippen LogP contribution >= 0.6 is 0 Å². The Bertz CT molecular complexity index is 1170. The summed E-state index contributed by atoms with van der Waals surface area (Å²) in [5, 5.41) is 7.98. The molecule has 2 aromatic rings. The molecule has 0 spiro atoms. The van der Waals surface area contributed by atoms with Gasteiger partial charge in [-0.1, -0.05) is 31.0 Å². The van der Waals surface area contributed by atoms with E-state index in [1.807, 2.05) is 0 Å². The SMILES string of the molecule is CC1(c2ccc(F)c(F)c2)NC(=O)N(CC(=O)Nc2ccccc2C(=O)NC2CCCC2)C1=O. The van der Waals surface area contributed by atoms with E-state index in [-0.39, 0.29) is 28.8 Å². The van der Waals surface area contributed by atoms with E-state index in [2.05, 4.69) is 16.0 Å². The van der Waals surface area contributed by atoms with Crippen LogP contribution in [0.1, 0.15) is 48.5 Å². The minimum Gasteiger partial charge on any atom is -0.349 e. The van der Waals surface area contributed by atoms with Crippen molar-refractivity contribution in [2.24, 2.45) is 0 Å². The number of anilines is 1. The lowest BCUT2D eigenvalue weighted by Crippen LogP contribution is -2.42. The van der Waals surface area contributed by atoms with Crippen molar-refractivity contribution in [1.29, 1.82) is 0 Å². The highest BCUT2D eigenvalue weighted by molar-refractivity contribution is 6.11. The lowest BCUT2D eigenvalue weighted by atomic mass is 9.92. The van der Waals surface area contributed by atoms with Crippen LogP contribution in [0.2, 0.25) is 0 Å². The molecule has 2 fully saturated rings. The van der Waals surface area contributed by atoms with E-state index >= 15 is 0 Å². The van der Waals surface area contributed by atoms with Gasteiger partial charge in [-0.3, -0.25) is 19.3 Å². The van der Waals surface area contributed by atoms with E-state index in [9.17, 15) is 28.0 Å². The number of para-hydroxylation sites is 1. The number of amides is 5. The molecule has 0 aromatic heterocycles. The fraction of sp³-hybridized carbons (Fsp3) is 0.333. The fourth-order valence-electron chi connectivity index (χ4n) is 4.30. The Morgan fingerprint density at radius 3 is 2.50 bits per heavy atom. The Kier molecular flexibility index (Phi) is 6.32. The number of carbonyl (C=O) groups excluding carboxylic acids is 4. The third kappa shape index (κ3) is 4.48. The number of rotatable bonds is 6. The van der Waals surface area contributed by atoms with Crippen molar-refractivity contribution < 1.29 is 28.0 Å². The van der Waals surface area contributed by atoms with Crippen LogP contribution < -0.4 is 16.0 Å². The molecule has 34 heavy (non-hydrogen) atoms. The summed E-state index contributed by atoms with van der Waals surface area (Å²) in [5.41, 5.74) is -1.10. The van der Waals surface area contributed by atoms with Crippen molar-refractivity contribution >= 4 is 29.4 Å². The number of imide groups is 1. The zero-order valence-electron chi connectivity index (χ0n) is 18.5. The second kappa shape index (κ2) is 9.20. The summed E-state index contributed by atoms with van der Waals surface area (Å²) >= 11 is 0. The Hall–Kier alpha value is -3.82. The number of hydrogen-bond acceptors (Lipinski definition) is 4. The van der Waals surface area contributed by atoms with Crippen molar-refractivity contribution in [3.8, 4) is 0 Å². The Labute approximate surface area is 194 Å². The average Bonchev–Trinajstić information content (AvgIpc) is 3.38. The Morgan fingerprint density at radius 2 is 1.79 bits per heavy atom. The third-order valence-corrected chi connectivity index (χ3v) is 6.21. The van der Waals surface area contributed by atoms with Crippen molar-refractivity contribution in [3.63, 3.8) is 0 Å². The average molecular weight is 470 g/mol. The zero-order chi connectivity index (χ0) is 24.5. The summed E-state index contributed by atoms with van der Waals surface area (Å²) in [5.74, 6) is -4.05. The highest BCUT2D eigenvalue weighted by atomic mass is 19.2. The summed E-state index contributed by atoms with van der Waals surface area (Å²) in [6.07, 6.45) is 3.92. The van der Waals surface area contributed by atoms with Gasteiger partial charge in [0.25, 0.3) is 11.8 Å². The molecule has 2 aromatic carbocycles. The number of carbonyl (C=O) groups is 4. The molecule has 4 rings (SSSR count). The molecule has 1 atom stereocenters. The first-order chi connectivity index (χ1) is 16.2. The van der Waals surface area contributed by atoms with Crippen LogP contribution in [0.3, 0.4) is 0 Å². The quantitative estimate of drug-likeness (QED) is 0.564. The van der Waals surface area contributed by atoms with Crippen molar-refractivity contribution in [3.05, 3.63) is 65.2 Å². The molecule has 1 aliphatic carbocycles. The molecule has 2 aliphatic rings. The van der Waals surface area contributed by atoms with Gasteiger partial charge in [-0.05, 0) is 49.6 Å². The van der Waals surface area contributed by atoms with Gasteiger partial charge in [-0.15, -0.1) is 0 Å². The number of nitrogens with zero attached hydrogens (tertiary/aromatic N) is 1. The van der Waals surface area contributed by atoms with Gasteiger partial charge >= 0.3 is 6.03 Å². The van der Waals surface area contributed by atoms with Gasteiger partial charge in [0.1, 0.15) is 12.1 Å². The molecule has 3 N–H and O–H groups in total. The van der Waals surface area contributed by atoms with Crippen LogP contribution in [0.4, 0.5) is 19.3 Å². The molecule has 5 amide bonds. The normalized spacial score (nSPS) is 20.4. The molecule has 8 nitrogen and oxygen atoms in total. The summed E-state index contributed by atoms with van der Waals surface area (Å²) < 4.78 is 27.0. The summed E-state index contributed by atoms with van der Waals surface area (Å²) in [6, 6.07) is 8.58. The first kappa shape index (κ1) is 23.3. The maximum absolute atomic E-state index is 13.7. The van der Waals surface area contributed by atoms with Crippen LogP contribution in [0, 0.1) is 11.6 Å². The van der Waals surface area contributed by atoms with Crippen molar-refractivity contribution in [2.45, 2.75) is 44.2 Å². The van der Waals surface area contributed by atoms with E-state index in [4.69, 9.17) is 0 Å². The predicted octanol–water partition coefficient (Wildman–Crippen LogP) is 3.04. The highest BCUT2D eigenvalue weighted by Gasteiger charge is 2.49. The van der Waals surface area contributed by atoms with Crippen LogP contribution in [0.25, 0.3) is 0 Å². The minimum absolute atomic E-state index is 0.0431. The molecule has 1 heterocycles. The smallest absolute Gasteiger partial charge is 0.325 e. The number of hydrogen-bond donors (Lipinski definition) is 3. The van der Waals surface area contributed by atoms with Crippen LogP contribution in [0.15, 0.2) is 42.5 Å². The van der Waals surface area contributed by atoms with Gasteiger partial charge in [0.2, 0.25) is 5.91 Å². The second-order valence-corrected chi connectivity index (χ2v) is 8.62. The summed E-state index contributed by atoms with van der Waals surface area (Å²) in [6.45, 7) is 0.725. The Morgan fingerprint density at radius 1 is 1.09 bits per heavy atom. The number of benzene rings is 2. The first-order valence-electron chi connectivity index (χ1n) is 11.0. The molecular formula is C24H24F2N4O4. The van der Waals surface area contributed by atoms with Gasteiger partial charge in [0.05, 0.1) is 11.3 Å². The lowest BCUT2D eigenvalue weighted by molar-refractivity contribution is -0.133. The van der Waals surface area contributed by atoms with Crippen LogP contribution in [-0.4, -0.2) is 41.2 Å². The molecule has 0 bridgehead atoms. The van der Waals surface area contributed by atoms with Crippen molar-refractivity contribution in [1.82, 2.24) is 15.5 Å². The molecule has 1 saturated carbocycles. The molecular weight excluding hydrogens is 446 g/mol. The minimum atomic E-state index is -1.66. The maximum Gasteiger partial charge on any atom is 0.325 e. The lowest BCUT2D eigenvalue weighted by Gasteiger charge is -2.22. The molecule has 178 valence electrons. The molecule has 1 saturated heterocycles. The highest BCUT2D eigenvalue weighted by Crippen LogP contribution is 2.30. The van der Waals surface area contributed by atoms with E-state index in [0.717, 1.165) is 37.8 Å². The van der Waals surface area contributed by atoms with E-state index < -0.39 is 41.6 Å². The van der Waals surface area contributed by atoms with E-state index in [1.165, 1.54) is 13.0 Å². The Balaban J connectivity index is 1.46. The fourth-order valence-corrected chi connectivity index (χ4v) is 4.30. The van der Waals surface area contributed by atoms with Gasteiger partial charge < -0.3 is 16.0 Å². The standard InChI is InChI=1S/C24H24F2N4O4/c1-24(14-10-11-17(25)18(26)12-14)22(33)30(23(34)29-24)13-20(31)28-19-9-5-4-8-16(19)21(32)27-15-6-2-3-7-15/h4-5,8-12,15H,2-3,6-7,13H2,1H3,(H,27,32)(H,28,31)(H,29,34). The van der Waals surface area contributed by atoms with Crippen molar-refractivity contribution in [2.75, 3.05) is 11.9 Å². The predicted molar refractivity (Wildman–Crippen MR) is 119 cm³/mol. The van der Waals surface area contributed by atoms with Gasteiger partial charge in [-0.25, -0.2) is 13.6 Å². The van der Waals surface area contributed by atoms with E-state index in [1.54, 1.807) is 24.3 Å². The zero-order valence-corrected chi connectivity index (χ0v) is 18.5. The van der Waals surface area contributed by atoms with Gasteiger partial charge in [0, 0.05) is 6.04 Å². The molecule has 10 heteroatoms. The third-order valence-electron chi connectivity index (χ3n) is 6.21. The van der Waals surface area contributed by atoms with Gasteiger partial charge in [-0.2, -0.15) is 0 Å². The number of urea groups is 1. The molecule has 0 radical (unpaired) electrons. The van der Waals surface area contributed by atoms with Crippen LogP contribution in [0.5, 0.6) is 0 Å². The first-order valence-corrected chi connectivity index (χ1v) is 11.0. The van der Waals surface area contributed by atoms with E-state index in [0.29, 0.717) is 4.90 Å². The molecule has 1 unspecified atom stereocenters.